The average molecular weight is 270 g/mol. The van der Waals surface area contributed by atoms with Gasteiger partial charge in [-0.15, -0.1) is 0 Å². The molecular formula is C15H11FN2O2. The van der Waals surface area contributed by atoms with Crippen molar-refractivity contribution in [2.45, 2.75) is 6.61 Å². The Morgan fingerprint density at radius 1 is 1.10 bits per heavy atom. The fourth-order valence-corrected chi connectivity index (χ4v) is 1.91. The van der Waals surface area contributed by atoms with Crippen molar-refractivity contribution in [3.05, 3.63) is 70.5 Å². The molecule has 3 aromatic rings. The fourth-order valence-electron chi connectivity index (χ4n) is 1.91. The number of halogens is 1. The number of ether oxygens (including phenoxy) is 1. The molecule has 0 aliphatic carbocycles. The van der Waals surface area contributed by atoms with E-state index >= 15 is 0 Å². The van der Waals surface area contributed by atoms with Crippen LogP contribution in [0.3, 0.4) is 0 Å². The van der Waals surface area contributed by atoms with E-state index in [-0.39, 0.29) is 17.9 Å². The molecule has 0 spiro atoms. The van der Waals surface area contributed by atoms with Crippen LogP contribution < -0.4 is 10.3 Å². The molecule has 1 heterocycles. The van der Waals surface area contributed by atoms with E-state index in [4.69, 9.17) is 4.74 Å². The molecule has 0 fully saturated rings. The van der Waals surface area contributed by atoms with E-state index in [1.807, 2.05) is 0 Å². The minimum atomic E-state index is -0.448. The van der Waals surface area contributed by atoms with Crippen molar-refractivity contribution in [3.8, 4) is 5.75 Å². The van der Waals surface area contributed by atoms with Crippen LogP contribution in [0.4, 0.5) is 4.39 Å². The third-order valence-corrected chi connectivity index (χ3v) is 2.86. The summed E-state index contributed by atoms with van der Waals surface area (Å²) in [5.74, 6) is 0.0379. The smallest absolute Gasteiger partial charge is 0.258 e. The number of aromatic amines is 1. The van der Waals surface area contributed by atoms with Gasteiger partial charge in [0.25, 0.3) is 5.56 Å². The second kappa shape index (κ2) is 5.13. The maximum Gasteiger partial charge on any atom is 0.258 e. The van der Waals surface area contributed by atoms with Gasteiger partial charge in [0.2, 0.25) is 0 Å². The van der Waals surface area contributed by atoms with Gasteiger partial charge in [0, 0.05) is 0 Å². The summed E-state index contributed by atoms with van der Waals surface area (Å²) >= 11 is 0. The first-order valence-corrected chi connectivity index (χ1v) is 6.09. The van der Waals surface area contributed by atoms with Crippen molar-refractivity contribution in [3.63, 3.8) is 0 Å². The van der Waals surface area contributed by atoms with E-state index in [2.05, 4.69) is 9.97 Å². The zero-order valence-electron chi connectivity index (χ0n) is 10.5. The minimum Gasteiger partial charge on any atom is -0.483 e. The van der Waals surface area contributed by atoms with Gasteiger partial charge in [-0.3, -0.25) is 4.79 Å². The van der Waals surface area contributed by atoms with Gasteiger partial charge in [-0.2, -0.15) is 0 Å². The Hall–Kier alpha value is -2.69. The molecule has 0 radical (unpaired) electrons. The molecule has 0 atom stereocenters. The van der Waals surface area contributed by atoms with Crippen molar-refractivity contribution >= 4 is 10.9 Å². The topological polar surface area (TPSA) is 55.0 Å². The minimum absolute atomic E-state index is 0.001000. The molecule has 0 aliphatic heterocycles. The van der Waals surface area contributed by atoms with E-state index in [0.717, 1.165) is 0 Å². The third kappa shape index (κ3) is 2.38. The van der Waals surface area contributed by atoms with Crippen LogP contribution in [0.1, 0.15) is 5.82 Å². The van der Waals surface area contributed by atoms with E-state index in [1.54, 1.807) is 36.4 Å². The number of para-hydroxylation sites is 2. The maximum atomic E-state index is 13.4. The molecule has 0 aliphatic rings. The Labute approximate surface area is 113 Å². The Morgan fingerprint density at radius 3 is 2.70 bits per heavy atom. The van der Waals surface area contributed by atoms with Crippen LogP contribution in [-0.2, 0) is 6.61 Å². The highest BCUT2D eigenvalue weighted by Gasteiger charge is 2.06. The van der Waals surface area contributed by atoms with E-state index in [0.29, 0.717) is 16.7 Å². The van der Waals surface area contributed by atoms with Gasteiger partial charge in [-0.05, 0) is 24.3 Å². The highest BCUT2D eigenvalue weighted by atomic mass is 19.1. The number of benzene rings is 2. The van der Waals surface area contributed by atoms with Crippen LogP contribution in [0.2, 0.25) is 0 Å². The zero-order chi connectivity index (χ0) is 13.9. The fraction of sp³-hybridized carbons (Fsp3) is 0.0667. The van der Waals surface area contributed by atoms with Gasteiger partial charge < -0.3 is 9.72 Å². The van der Waals surface area contributed by atoms with Crippen LogP contribution in [-0.4, -0.2) is 9.97 Å². The van der Waals surface area contributed by atoms with E-state index < -0.39 is 5.82 Å². The second-order valence-corrected chi connectivity index (χ2v) is 4.25. The summed E-state index contributed by atoms with van der Waals surface area (Å²) in [7, 11) is 0. The standard InChI is InChI=1S/C15H11FN2O2/c16-11-6-2-4-8-13(11)20-9-14-17-12-7-3-1-5-10(12)15(19)18-14/h1-8H,9H2,(H,17,18,19). The third-order valence-electron chi connectivity index (χ3n) is 2.86. The predicted octanol–water partition coefficient (Wildman–Crippen LogP) is 2.64. The van der Waals surface area contributed by atoms with E-state index in [9.17, 15) is 9.18 Å². The van der Waals surface area contributed by atoms with Crippen molar-refractivity contribution in [2.24, 2.45) is 0 Å². The second-order valence-electron chi connectivity index (χ2n) is 4.25. The predicted molar refractivity (Wildman–Crippen MR) is 73.1 cm³/mol. The first-order valence-electron chi connectivity index (χ1n) is 6.09. The molecule has 0 saturated heterocycles. The molecule has 0 unspecified atom stereocenters. The van der Waals surface area contributed by atoms with Crippen molar-refractivity contribution in [1.29, 1.82) is 0 Å². The molecule has 1 N–H and O–H groups in total. The van der Waals surface area contributed by atoms with E-state index in [1.165, 1.54) is 12.1 Å². The lowest BCUT2D eigenvalue weighted by Crippen LogP contribution is -2.13. The van der Waals surface area contributed by atoms with Crippen molar-refractivity contribution < 1.29 is 9.13 Å². The van der Waals surface area contributed by atoms with Crippen LogP contribution in [0.5, 0.6) is 5.75 Å². The highest BCUT2D eigenvalue weighted by Crippen LogP contribution is 2.16. The SMILES string of the molecule is O=c1[nH]c(COc2ccccc2F)nc2ccccc12. The number of hydrogen-bond donors (Lipinski definition) is 1. The van der Waals surface area contributed by atoms with Gasteiger partial charge in [0.05, 0.1) is 10.9 Å². The van der Waals surface area contributed by atoms with Crippen LogP contribution >= 0.6 is 0 Å². The Bertz CT molecular complexity index is 814. The van der Waals surface area contributed by atoms with Crippen LogP contribution in [0.15, 0.2) is 53.3 Å². The lowest BCUT2D eigenvalue weighted by Gasteiger charge is -2.07. The molecule has 0 saturated carbocycles. The van der Waals surface area contributed by atoms with Crippen LogP contribution in [0.25, 0.3) is 10.9 Å². The van der Waals surface area contributed by atoms with Gasteiger partial charge in [0.15, 0.2) is 11.6 Å². The summed E-state index contributed by atoms with van der Waals surface area (Å²) < 4.78 is 18.7. The van der Waals surface area contributed by atoms with Gasteiger partial charge >= 0.3 is 0 Å². The van der Waals surface area contributed by atoms with Gasteiger partial charge in [-0.1, -0.05) is 24.3 Å². The zero-order valence-corrected chi connectivity index (χ0v) is 10.5. The summed E-state index contributed by atoms with van der Waals surface area (Å²) in [6, 6.07) is 13.1. The molecule has 100 valence electrons. The lowest BCUT2D eigenvalue weighted by molar-refractivity contribution is 0.281. The summed E-state index contributed by atoms with van der Waals surface area (Å²) in [6.07, 6.45) is 0. The van der Waals surface area contributed by atoms with Crippen molar-refractivity contribution in [2.75, 3.05) is 0 Å². The number of hydrogen-bond acceptors (Lipinski definition) is 3. The average Bonchev–Trinajstić information content (AvgIpc) is 2.46. The molecule has 2 aromatic carbocycles. The number of nitrogens with one attached hydrogen (secondary N) is 1. The summed E-state index contributed by atoms with van der Waals surface area (Å²) in [5, 5.41) is 0.516. The molecular weight excluding hydrogens is 259 g/mol. The quantitative estimate of drug-likeness (QED) is 0.796. The first kappa shape index (κ1) is 12.3. The number of rotatable bonds is 3. The molecule has 4 nitrogen and oxygen atoms in total. The number of H-pyrrole nitrogens is 1. The summed E-state index contributed by atoms with van der Waals surface area (Å²) in [5.41, 5.74) is 0.353. The Kier molecular flexibility index (Phi) is 3.16. The number of nitrogens with zero attached hydrogens (tertiary/aromatic N) is 1. The summed E-state index contributed by atoms with van der Waals surface area (Å²) in [6.45, 7) is 0.001000. The van der Waals surface area contributed by atoms with Gasteiger partial charge in [-0.25, -0.2) is 9.37 Å². The lowest BCUT2D eigenvalue weighted by atomic mass is 10.2. The largest absolute Gasteiger partial charge is 0.483 e. The molecule has 20 heavy (non-hydrogen) atoms. The first-order chi connectivity index (χ1) is 9.74. The summed E-state index contributed by atoms with van der Waals surface area (Å²) in [4.78, 5) is 18.8. The highest BCUT2D eigenvalue weighted by molar-refractivity contribution is 5.77. The normalized spacial score (nSPS) is 10.7. The van der Waals surface area contributed by atoms with Crippen molar-refractivity contribution in [1.82, 2.24) is 9.97 Å². The van der Waals surface area contributed by atoms with Crippen LogP contribution in [0, 0.1) is 5.82 Å². The molecule has 0 amide bonds. The molecule has 1 aromatic heterocycles. The number of aromatic nitrogens is 2. The molecule has 0 bridgehead atoms. The maximum absolute atomic E-state index is 13.4. The Morgan fingerprint density at radius 2 is 1.85 bits per heavy atom. The molecule has 5 heteroatoms. The monoisotopic (exact) mass is 270 g/mol. The molecule has 3 rings (SSSR count). The number of fused-ring (bicyclic) bond motifs is 1. The van der Waals surface area contributed by atoms with Gasteiger partial charge in [0.1, 0.15) is 12.4 Å². The Balaban J connectivity index is 1.88.